The number of likely N-dealkylation sites (tertiary alicyclic amines) is 1. The Bertz CT molecular complexity index is 473. The molecule has 0 spiro atoms. The summed E-state index contributed by atoms with van der Waals surface area (Å²) in [4.78, 5) is 29.3. The maximum absolute atomic E-state index is 12.1. The first-order valence-electron chi connectivity index (χ1n) is 6.29. The van der Waals surface area contributed by atoms with Crippen molar-refractivity contribution in [3.05, 3.63) is 30.1 Å². The van der Waals surface area contributed by atoms with Crippen LogP contribution in [0.5, 0.6) is 0 Å². The minimum atomic E-state index is -0.504. The number of pyridine rings is 1. The van der Waals surface area contributed by atoms with Gasteiger partial charge in [-0.2, -0.15) is 0 Å². The lowest BCUT2D eigenvalue weighted by Gasteiger charge is -2.38. The molecule has 0 aliphatic carbocycles. The molecule has 0 N–H and O–H groups in total. The SMILES string of the molecule is CC(C)(C)OC(=O)N1CC(C(=O)c2cccnc2)C1. The van der Waals surface area contributed by atoms with Crippen molar-refractivity contribution in [3.8, 4) is 0 Å². The Morgan fingerprint density at radius 3 is 2.58 bits per heavy atom. The third-order valence-electron chi connectivity index (χ3n) is 2.85. The molecule has 19 heavy (non-hydrogen) atoms. The zero-order chi connectivity index (χ0) is 14.0. The van der Waals surface area contributed by atoms with Gasteiger partial charge in [-0.05, 0) is 32.9 Å². The summed E-state index contributed by atoms with van der Waals surface area (Å²) < 4.78 is 5.24. The number of carbonyl (C=O) groups excluding carboxylic acids is 2. The predicted octanol–water partition coefficient (Wildman–Crippen LogP) is 2.13. The fourth-order valence-corrected chi connectivity index (χ4v) is 1.86. The van der Waals surface area contributed by atoms with Crippen LogP contribution in [0.25, 0.3) is 0 Å². The Hall–Kier alpha value is -1.91. The second-order valence-corrected chi connectivity index (χ2v) is 5.69. The number of ketones is 1. The van der Waals surface area contributed by atoms with Crippen molar-refractivity contribution in [2.24, 2.45) is 5.92 Å². The van der Waals surface area contributed by atoms with E-state index in [1.165, 1.54) is 0 Å². The normalized spacial score (nSPS) is 15.8. The van der Waals surface area contributed by atoms with Gasteiger partial charge in [-0.1, -0.05) is 0 Å². The van der Waals surface area contributed by atoms with Gasteiger partial charge >= 0.3 is 6.09 Å². The van der Waals surface area contributed by atoms with Crippen molar-refractivity contribution in [3.63, 3.8) is 0 Å². The second kappa shape index (κ2) is 4.99. The Labute approximate surface area is 112 Å². The van der Waals surface area contributed by atoms with E-state index in [-0.39, 0.29) is 17.8 Å². The predicted molar refractivity (Wildman–Crippen MR) is 69.9 cm³/mol. The van der Waals surface area contributed by atoms with Crippen LogP contribution in [0.4, 0.5) is 4.79 Å². The number of carbonyl (C=O) groups is 2. The van der Waals surface area contributed by atoms with Gasteiger partial charge in [-0.3, -0.25) is 9.78 Å². The summed E-state index contributed by atoms with van der Waals surface area (Å²) in [5.74, 6) is -0.107. The second-order valence-electron chi connectivity index (χ2n) is 5.69. The fraction of sp³-hybridized carbons (Fsp3) is 0.500. The maximum atomic E-state index is 12.1. The quantitative estimate of drug-likeness (QED) is 0.766. The highest BCUT2D eigenvalue weighted by Gasteiger charge is 2.38. The van der Waals surface area contributed by atoms with Gasteiger partial charge in [0.15, 0.2) is 5.78 Å². The summed E-state index contributed by atoms with van der Waals surface area (Å²) in [6, 6.07) is 3.48. The third-order valence-corrected chi connectivity index (χ3v) is 2.85. The lowest BCUT2D eigenvalue weighted by atomic mass is 9.92. The number of amides is 1. The van der Waals surface area contributed by atoms with Gasteiger partial charge in [0.2, 0.25) is 0 Å². The molecule has 1 aliphatic rings. The molecule has 102 valence electrons. The minimum Gasteiger partial charge on any atom is -0.444 e. The molecule has 0 radical (unpaired) electrons. The van der Waals surface area contributed by atoms with E-state index < -0.39 is 5.60 Å². The standard InChI is InChI=1S/C14H18N2O3/c1-14(2,3)19-13(18)16-8-11(9-16)12(17)10-5-4-6-15-7-10/h4-7,11H,8-9H2,1-3H3. The molecular formula is C14H18N2O3. The summed E-state index contributed by atoms with van der Waals surface area (Å²) in [7, 11) is 0. The van der Waals surface area contributed by atoms with Crippen LogP contribution < -0.4 is 0 Å². The van der Waals surface area contributed by atoms with Crippen LogP contribution in [-0.2, 0) is 4.74 Å². The van der Waals surface area contributed by atoms with E-state index in [9.17, 15) is 9.59 Å². The Balaban J connectivity index is 1.87. The van der Waals surface area contributed by atoms with E-state index in [2.05, 4.69) is 4.98 Å². The van der Waals surface area contributed by atoms with E-state index in [1.807, 2.05) is 20.8 Å². The maximum Gasteiger partial charge on any atom is 0.410 e. The molecule has 0 aromatic carbocycles. The average Bonchev–Trinajstić information content (AvgIpc) is 2.25. The van der Waals surface area contributed by atoms with Crippen molar-refractivity contribution in [2.75, 3.05) is 13.1 Å². The largest absolute Gasteiger partial charge is 0.444 e. The van der Waals surface area contributed by atoms with Gasteiger partial charge < -0.3 is 9.64 Å². The van der Waals surface area contributed by atoms with E-state index in [0.717, 1.165) is 0 Å². The fourth-order valence-electron chi connectivity index (χ4n) is 1.86. The van der Waals surface area contributed by atoms with Gasteiger partial charge in [0.1, 0.15) is 5.60 Å². The lowest BCUT2D eigenvalue weighted by Crippen LogP contribution is -2.54. The first-order valence-corrected chi connectivity index (χ1v) is 6.29. The topological polar surface area (TPSA) is 59.5 Å². The molecule has 0 saturated carbocycles. The highest BCUT2D eigenvalue weighted by atomic mass is 16.6. The Kier molecular flexibility index (Phi) is 3.55. The van der Waals surface area contributed by atoms with E-state index in [0.29, 0.717) is 18.7 Å². The number of nitrogens with zero attached hydrogens (tertiary/aromatic N) is 2. The van der Waals surface area contributed by atoms with E-state index >= 15 is 0 Å². The van der Waals surface area contributed by atoms with Gasteiger partial charge in [0, 0.05) is 31.0 Å². The number of hydrogen-bond donors (Lipinski definition) is 0. The van der Waals surface area contributed by atoms with Gasteiger partial charge in [-0.15, -0.1) is 0 Å². The van der Waals surface area contributed by atoms with Crippen LogP contribution in [0, 0.1) is 5.92 Å². The number of aromatic nitrogens is 1. The molecule has 2 rings (SSSR count). The molecular weight excluding hydrogens is 244 g/mol. The van der Waals surface area contributed by atoms with Crippen molar-refractivity contribution >= 4 is 11.9 Å². The van der Waals surface area contributed by atoms with Crippen LogP contribution in [0.1, 0.15) is 31.1 Å². The van der Waals surface area contributed by atoms with Gasteiger partial charge in [-0.25, -0.2) is 4.79 Å². The molecule has 1 aliphatic heterocycles. The smallest absolute Gasteiger partial charge is 0.410 e. The Morgan fingerprint density at radius 2 is 2.05 bits per heavy atom. The number of ether oxygens (including phenoxy) is 1. The minimum absolute atomic E-state index is 0.0351. The molecule has 1 fully saturated rings. The summed E-state index contributed by atoms with van der Waals surface area (Å²) in [6.45, 7) is 6.31. The molecule has 1 aromatic heterocycles. The summed E-state index contributed by atoms with van der Waals surface area (Å²) in [5.41, 5.74) is 0.0894. The van der Waals surface area contributed by atoms with Gasteiger partial charge in [0.05, 0.1) is 5.92 Å². The molecule has 1 aromatic rings. The zero-order valence-corrected chi connectivity index (χ0v) is 11.4. The molecule has 0 unspecified atom stereocenters. The van der Waals surface area contributed by atoms with E-state index in [1.54, 1.807) is 29.4 Å². The molecule has 5 nitrogen and oxygen atoms in total. The van der Waals surface area contributed by atoms with Crippen LogP contribution in [0.15, 0.2) is 24.5 Å². The summed E-state index contributed by atoms with van der Waals surface area (Å²) in [6.07, 6.45) is 2.82. The molecule has 1 saturated heterocycles. The zero-order valence-electron chi connectivity index (χ0n) is 11.4. The van der Waals surface area contributed by atoms with Crippen LogP contribution in [-0.4, -0.2) is 40.5 Å². The summed E-state index contributed by atoms with van der Waals surface area (Å²) >= 11 is 0. The molecule has 0 bridgehead atoms. The highest BCUT2D eigenvalue weighted by Crippen LogP contribution is 2.22. The number of Topliss-reactive ketones (excluding diaryl/α,β-unsaturated/α-hetero) is 1. The molecule has 0 atom stereocenters. The molecule has 5 heteroatoms. The lowest BCUT2D eigenvalue weighted by molar-refractivity contribution is 0.00148. The van der Waals surface area contributed by atoms with Crippen LogP contribution in [0.3, 0.4) is 0 Å². The molecule has 1 amide bonds. The number of rotatable bonds is 2. The van der Waals surface area contributed by atoms with Crippen molar-refractivity contribution in [1.29, 1.82) is 0 Å². The first kappa shape index (κ1) is 13.5. The van der Waals surface area contributed by atoms with Crippen molar-refractivity contribution < 1.29 is 14.3 Å². The third kappa shape index (κ3) is 3.30. The summed E-state index contributed by atoms with van der Waals surface area (Å²) in [5, 5.41) is 0. The number of hydrogen-bond acceptors (Lipinski definition) is 4. The first-order chi connectivity index (χ1) is 8.87. The highest BCUT2D eigenvalue weighted by molar-refractivity contribution is 5.99. The average molecular weight is 262 g/mol. The monoisotopic (exact) mass is 262 g/mol. The van der Waals surface area contributed by atoms with Crippen LogP contribution in [0.2, 0.25) is 0 Å². The Morgan fingerprint density at radius 1 is 1.37 bits per heavy atom. The molecule has 2 heterocycles. The van der Waals surface area contributed by atoms with Crippen LogP contribution >= 0.6 is 0 Å². The van der Waals surface area contributed by atoms with Crippen molar-refractivity contribution in [2.45, 2.75) is 26.4 Å². The van der Waals surface area contributed by atoms with E-state index in [4.69, 9.17) is 4.74 Å². The van der Waals surface area contributed by atoms with Crippen molar-refractivity contribution in [1.82, 2.24) is 9.88 Å². The van der Waals surface area contributed by atoms with Gasteiger partial charge in [0.25, 0.3) is 0 Å².